The maximum atomic E-state index is 10.9. The predicted molar refractivity (Wildman–Crippen MR) is 56.4 cm³/mol. The van der Waals surface area contributed by atoms with Gasteiger partial charge in [-0.05, 0) is 32.0 Å². The van der Waals surface area contributed by atoms with E-state index < -0.39 is 19.1 Å². The Balaban J connectivity index is 2.35. The van der Waals surface area contributed by atoms with E-state index in [4.69, 9.17) is 15.2 Å². The number of hydrogen-bond donors (Lipinski definition) is 4. The first-order valence-electron chi connectivity index (χ1n) is 5.35. The summed E-state index contributed by atoms with van der Waals surface area (Å²) in [6.45, 7) is 1.97. The highest BCUT2D eigenvalue weighted by atomic mass is 16.4. The molecule has 3 atom stereocenters. The van der Waals surface area contributed by atoms with Gasteiger partial charge in [0.05, 0.1) is 0 Å². The fourth-order valence-corrected chi connectivity index (χ4v) is 2.22. The van der Waals surface area contributed by atoms with Gasteiger partial charge in [0.1, 0.15) is 6.04 Å². The minimum absolute atomic E-state index is 0.108. The van der Waals surface area contributed by atoms with Crippen LogP contribution < -0.4 is 5.32 Å². The molecule has 0 aromatic rings. The van der Waals surface area contributed by atoms with Gasteiger partial charge in [-0.1, -0.05) is 6.42 Å². The van der Waals surface area contributed by atoms with Crippen LogP contribution in [0.3, 0.4) is 0 Å². The van der Waals surface area contributed by atoms with E-state index in [9.17, 15) is 4.79 Å². The molecule has 6 heteroatoms. The molecular weight excluding hydrogens is 197 g/mol. The molecule has 4 N–H and O–H groups in total. The summed E-state index contributed by atoms with van der Waals surface area (Å²) in [5.41, 5.74) is 0. The molecule has 1 saturated heterocycles. The van der Waals surface area contributed by atoms with Gasteiger partial charge in [0.15, 0.2) is 0 Å². The lowest BCUT2D eigenvalue weighted by Gasteiger charge is -2.14. The van der Waals surface area contributed by atoms with Crippen molar-refractivity contribution < 1.29 is 19.9 Å². The zero-order valence-electron chi connectivity index (χ0n) is 8.89. The summed E-state index contributed by atoms with van der Waals surface area (Å²) in [5, 5.41) is 29.3. The van der Waals surface area contributed by atoms with Crippen LogP contribution in [0.25, 0.3) is 0 Å². The van der Waals surface area contributed by atoms with Crippen molar-refractivity contribution in [2.24, 2.45) is 5.92 Å². The number of carbonyl (C=O) groups is 1. The molecule has 1 rings (SSSR count). The first-order valence-corrected chi connectivity index (χ1v) is 5.35. The summed E-state index contributed by atoms with van der Waals surface area (Å²) in [6, 6.07) is -0.244. The van der Waals surface area contributed by atoms with Crippen LogP contribution >= 0.6 is 0 Å². The summed E-state index contributed by atoms with van der Waals surface area (Å²) < 4.78 is 0. The Morgan fingerprint density at radius 3 is 2.73 bits per heavy atom. The van der Waals surface area contributed by atoms with Crippen LogP contribution in [-0.4, -0.2) is 40.3 Å². The minimum atomic E-state index is -1.28. The largest absolute Gasteiger partial charge is 0.480 e. The Morgan fingerprint density at radius 1 is 1.53 bits per heavy atom. The van der Waals surface area contributed by atoms with Crippen molar-refractivity contribution in [3.63, 3.8) is 0 Å². The summed E-state index contributed by atoms with van der Waals surface area (Å²) in [4.78, 5) is 10.9. The third kappa shape index (κ3) is 3.81. The highest BCUT2D eigenvalue weighted by Crippen LogP contribution is 2.25. The average Bonchev–Trinajstić information content (AvgIpc) is 2.46. The maximum Gasteiger partial charge on any atom is 0.451 e. The molecule has 0 bridgehead atoms. The molecule has 1 aliphatic heterocycles. The Hall–Kier alpha value is -0.585. The molecule has 0 aromatic carbocycles. The number of carboxylic acids is 1. The van der Waals surface area contributed by atoms with E-state index in [1.54, 1.807) is 0 Å². The number of aliphatic carboxylic acids is 1. The van der Waals surface area contributed by atoms with Crippen LogP contribution in [0.5, 0.6) is 0 Å². The van der Waals surface area contributed by atoms with Gasteiger partial charge in [0.2, 0.25) is 0 Å². The van der Waals surface area contributed by atoms with E-state index in [0.29, 0.717) is 12.7 Å². The van der Waals surface area contributed by atoms with E-state index in [-0.39, 0.29) is 12.0 Å². The smallest absolute Gasteiger partial charge is 0.451 e. The Bertz CT molecular complexity index is 224. The summed E-state index contributed by atoms with van der Waals surface area (Å²) in [5.74, 6) is -0.704. The normalized spacial score (nSPS) is 30.5. The van der Waals surface area contributed by atoms with Crippen molar-refractivity contribution in [2.75, 3.05) is 0 Å². The molecule has 1 fully saturated rings. The first-order chi connectivity index (χ1) is 7.00. The van der Waals surface area contributed by atoms with Crippen molar-refractivity contribution in [1.29, 1.82) is 0 Å². The lowest BCUT2D eigenvalue weighted by molar-refractivity contribution is -0.140. The molecule has 0 amide bonds. The molecule has 15 heavy (non-hydrogen) atoms. The molecule has 2 unspecified atom stereocenters. The topological polar surface area (TPSA) is 89.8 Å². The molecule has 1 heterocycles. The second-order valence-corrected chi connectivity index (χ2v) is 4.29. The SMILES string of the molecule is CC1CC(CCCB(O)O)[C@@H](C(=O)O)N1. The van der Waals surface area contributed by atoms with Gasteiger partial charge in [-0.3, -0.25) is 4.79 Å². The van der Waals surface area contributed by atoms with Crippen LogP contribution in [0.4, 0.5) is 0 Å². The van der Waals surface area contributed by atoms with Crippen LogP contribution in [0.2, 0.25) is 6.32 Å². The Labute approximate surface area is 89.6 Å². The van der Waals surface area contributed by atoms with Gasteiger partial charge in [0, 0.05) is 6.04 Å². The van der Waals surface area contributed by atoms with Crippen molar-refractivity contribution in [3.05, 3.63) is 0 Å². The minimum Gasteiger partial charge on any atom is -0.480 e. The molecule has 0 spiro atoms. The van der Waals surface area contributed by atoms with E-state index in [1.165, 1.54) is 0 Å². The molecule has 0 saturated carbocycles. The van der Waals surface area contributed by atoms with E-state index in [1.807, 2.05) is 6.92 Å². The molecular formula is C9H18BNO4. The molecule has 5 nitrogen and oxygen atoms in total. The number of carboxylic acid groups (broad SMARTS) is 1. The van der Waals surface area contributed by atoms with Crippen LogP contribution in [0, 0.1) is 5.92 Å². The van der Waals surface area contributed by atoms with Gasteiger partial charge in [-0.15, -0.1) is 0 Å². The van der Waals surface area contributed by atoms with E-state index in [2.05, 4.69) is 5.32 Å². The second kappa shape index (κ2) is 5.49. The fourth-order valence-electron chi connectivity index (χ4n) is 2.22. The zero-order valence-corrected chi connectivity index (χ0v) is 8.89. The lowest BCUT2D eigenvalue weighted by Crippen LogP contribution is -2.37. The number of nitrogens with one attached hydrogen (secondary N) is 1. The second-order valence-electron chi connectivity index (χ2n) is 4.29. The third-order valence-corrected chi connectivity index (χ3v) is 2.90. The van der Waals surface area contributed by atoms with Crippen LogP contribution in [0.15, 0.2) is 0 Å². The van der Waals surface area contributed by atoms with Gasteiger partial charge in [0.25, 0.3) is 0 Å². The summed E-state index contributed by atoms with van der Waals surface area (Å²) in [6.07, 6.45) is 2.54. The monoisotopic (exact) mass is 215 g/mol. The van der Waals surface area contributed by atoms with Gasteiger partial charge in [-0.2, -0.15) is 0 Å². The third-order valence-electron chi connectivity index (χ3n) is 2.90. The average molecular weight is 215 g/mol. The Kier molecular flexibility index (Phi) is 4.57. The predicted octanol–water partition coefficient (Wildman–Crippen LogP) is -0.309. The molecule has 0 aromatic heterocycles. The lowest BCUT2D eigenvalue weighted by atomic mass is 9.81. The number of rotatable bonds is 5. The quantitative estimate of drug-likeness (QED) is 0.472. The maximum absolute atomic E-state index is 10.9. The van der Waals surface area contributed by atoms with Crippen LogP contribution in [-0.2, 0) is 4.79 Å². The van der Waals surface area contributed by atoms with Crippen LogP contribution in [0.1, 0.15) is 26.2 Å². The van der Waals surface area contributed by atoms with Crippen molar-refractivity contribution >= 4 is 13.1 Å². The number of hydrogen-bond acceptors (Lipinski definition) is 4. The van der Waals surface area contributed by atoms with Gasteiger partial charge >= 0.3 is 13.1 Å². The highest BCUT2D eigenvalue weighted by molar-refractivity contribution is 6.40. The standard InChI is InChI=1S/C9H18BNO4/c1-6-5-7(3-2-4-10(14)15)8(11-6)9(12)13/h6-8,11,14-15H,2-5H2,1H3,(H,12,13)/t6?,7?,8-/m0/s1. The van der Waals surface area contributed by atoms with Crippen molar-refractivity contribution in [2.45, 2.75) is 44.6 Å². The molecule has 1 aliphatic rings. The fraction of sp³-hybridized carbons (Fsp3) is 0.889. The van der Waals surface area contributed by atoms with Crippen molar-refractivity contribution in [1.82, 2.24) is 5.32 Å². The van der Waals surface area contributed by atoms with Gasteiger partial charge in [-0.25, -0.2) is 0 Å². The Morgan fingerprint density at radius 2 is 2.20 bits per heavy atom. The molecule has 0 radical (unpaired) electrons. The van der Waals surface area contributed by atoms with Crippen molar-refractivity contribution in [3.8, 4) is 0 Å². The zero-order chi connectivity index (χ0) is 11.4. The summed E-state index contributed by atoms with van der Waals surface area (Å²) in [7, 11) is -1.28. The van der Waals surface area contributed by atoms with E-state index in [0.717, 1.165) is 12.8 Å². The molecule has 0 aliphatic carbocycles. The summed E-state index contributed by atoms with van der Waals surface area (Å²) >= 11 is 0. The van der Waals surface area contributed by atoms with E-state index >= 15 is 0 Å². The van der Waals surface area contributed by atoms with Gasteiger partial charge < -0.3 is 20.5 Å². The first kappa shape index (κ1) is 12.5. The highest BCUT2D eigenvalue weighted by Gasteiger charge is 2.35. The molecule has 86 valence electrons.